The molecule has 4 nitrogen and oxygen atoms in total. The van der Waals surface area contributed by atoms with Gasteiger partial charge in [-0.2, -0.15) is 0 Å². The van der Waals surface area contributed by atoms with E-state index in [9.17, 15) is 0 Å². The molecule has 1 aliphatic heterocycles. The molecule has 2 heterocycles. The second-order valence-corrected chi connectivity index (χ2v) is 9.03. The summed E-state index contributed by atoms with van der Waals surface area (Å²) in [7, 11) is 0. The SMILES string of the molecule is CC(CCO)CN1CCc2nc(-c3ccc(CCc4ccc(Cl)cc4)cc3)ncc2C1. The Hall–Kier alpha value is -2.27. The molecule has 0 saturated carbocycles. The Morgan fingerprint density at radius 1 is 1.03 bits per heavy atom. The predicted molar refractivity (Wildman–Crippen MR) is 126 cm³/mol. The van der Waals surface area contributed by atoms with Crippen molar-refractivity contribution in [1.29, 1.82) is 0 Å². The Morgan fingerprint density at radius 3 is 2.39 bits per heavy atom. The fourth-order valence-corrected chi connectivity index (χ4v) is 4.31. The average Bonchev–Trinajstić information content (AvgIpc) is 2.79. The quantitative estimate of drug-likeness (QED) is 0.543. The Kier molecular flexibility index (Phi) is 7.33. The molecule has 5 heteroatoms. The maximum Gasteiger partial charge on any atom is 0.159 e. The van der Waals surface area contributed by atoms with Gasteiger partial charge in [0.15, 0.2) is 5.82 Å². The molecule has 0 saturated heterocycles. The fourth-order valence-electron chi connectivity index (χ4n) is 4.18. The number of rotatable bonds is 8. The number of aromatic nitrogens is 2. The normalized spacial score (nSPS) is 14.9. The molecule has 0 bridgehead atoms. The van der Waals surface area contributed by atoms with E-state index in [1.165, 1.54) is 22.4 Å². The van der Waals surface area contributed by atoms with Gasteiger partial charge in [-0.25, -0.2) is 9.97 Å². The molecular weight excluding hydrogens is 406 g/mol. The van der Waals surface area contributed by atoms with E-state index in [0.29, 0.717) is 5.92 Å². The van der Waals surface area contributed by atoms with Crippen molar-refractivity contribution in [2.24, 2.45) is 5.92 Å². The summed E-state index contributed by atoms with van der Waals surface area (Å²) < 4.78 is 0. The Labute approximate surface area is 189 Å². The molecule has 4 rings (SSSR count). The maximum absolute atomic E-state index is 9.13. The third-order valence-corrected chi connectivity index (χ3v) is 6.28. The molecule has 1 aromatic heterocycles. The minimum Gasteiger partial charge on any atom is -0.396 e. The van der Waals surface area contributed by atoms with Crippen molar-refractivity contribution < 1.29 is 5.11 Å². The molecule has 0 spiro atoms. The second kappa shape index (κ2) is 10.4. The highest BCUT2D eigenvalue weighted by Gasteiger charge is 2.20. The standard InChI is InChI=1S/C26H30ClN3O/c1-19(13-15-31)17-30-14-12-25-23(18-30)16-28-26(29-25)22-8-4-20(5-9-22)2-3-21-6-10-24(27)11-7-21/h4-11,16,19,31H,2-3,12-15,17-18H2,1H3. The maximum atomic E-state index is 9.13. The van der Waals surface area contributed by atoms with E-state index >= 15 is 0 Å². The summed E-state index contributed by atoms with van der Waals surface area (Å²) in [5.41, 5.74) is 6.07. The minimum absolute atomic E-state index is 0.262. The van der Waals surface area contributed by atoms with Crippen LogP contribution < -0.4 is 0 Å². The number of fused-ring (bicyclic) bond motifs is 1. The first-order valence-electron chi connectivity index (χ1n) is 11.1. The van der Waals surface area contributed by atoms with Gasteiger partial charge in [-0.05, 0) is 48.4 Å². The van der Waals surface area contributed by atoms with Crippen LogP contribution in [0.1, 0.15) is 35.7 Å². The molecule has 1 aliphatic rings. The third-order valence-electron chi connectivity index (χ3n) is 6.03. The molecule has 1 atom stereocenters. The number of benzene rings is 2. The van der Waals surface area contributed by atoms with Crippen LogP contribution in [0.4, 0.5) is 0 Å². The van der Waals surface area contributed by atoms with Crippen LogP contribution >= 0.6 is 11.6 Å². The highest BCUT2D eigenvalue weighted by Crippen LogP contribution is 2.23. The second-order valence-electron chi connectivity index (χ2n) is 8.59. The lowest BCUT2D eigenvalue weighted by Gasteiger charge is -2.30. The molecule has 3 aromatic rings. The van der Waals surface area contributed by atoms with Gasteiger partial charge in [-0.3, -0.25) is 4.90 Å². The van der Waals surface area contributed by atoms with E-state index in [0.717, 1.165) is 61.7 Å². The molecule has 0 fully saturated rings. The molecule has 0 radical (unpaired) electrons. The molecule has 0 amide bonds. The summed E-state index contributed by atoms with van der Waals surface area (Å²) in [6.07, 6.45) is 5.80. The number of nitrogens with zero attached hydrogens (tertiary/aromatic N) is 3. The molecule has 31 heavy (non-hydrogen) atoms. The zero-order chi connectivity index (χ0) is 21.6. The molecular formula is C26H30ClN3O. The van der Waals surface area contributed by atoms with Gasteiger partial charge >= 0.3 is 0 Å². The van der Waals surface area contributed by atoms with Gasteiger partial charge in [0.2, 0.25) is 0 Å². The molecule has 162 valence electrons. The van der Waals surface area contributed by atoms with Crippen LogP contribution in [0.25, 0.3) is 11.4 Å². The van der Waals surface area contributed by atoms with E-state index in [4.69, 9.17) is 21.7 Å². The van der Waals surface area contributed by atoms with Crippen LogP contribution in [0.3, 0.4) is 0 Å². The van der Waals surface area contributed by atoms with Crippen LogP contribution in [0, 0.1) is 5.92 Å². The van der Waals surface area contributed by atoms with Crippen molar-refractivity contribution in [3.8, 4) is 11.4 Å². The molecule has 1 unspecified atom stereocenters. The summed E-state index contributed by atoms with van der Waals surface area (Å²) in [5, 5.41) is 9.91. The van der Waals surface area contributed by atoms with E-state index in [1.807, 2.05) is 18.3 Å². The number of aliphatic hydroxyl groups excluding tert-OH is 1. The molecule has 2 aromatic carbocycles. The summed E-state index contributed by atoms with van der Waals surface area (Å²) in [5.74, 6) is 1.31. The Morgan fingerprint density at radius 2 is 1.71 bits per heavy atom. The van der Waals surface area contributed by atoms with E-state index in [-0.39, 0.29) is 6.61 Å². The van der Waals surface area contributed by atoms with Crippen LogP contribution in [-0.2, 0) is 25.8 Å². The lowest BCUT2D eigenvalue weighted by molar-refractivity contribution is 0.189. The van der Waals surface area contributed by atoms with Gasteiger partial charge in [0.25, 0.3) is 0 Å². The third kappa shape index (κ3) is 5.91. The number of hydrogen-bond donors (Lipinski definition) is 1. The number of halogens is 1. The molecule has 0 aliphatic carbocycles. The van der Waals surface area contributed by atoms with Gasteiger partial charge < -0.3 is 5.11 Å². The molecule has 1 N–H and O–H groups in total. The smallest absolute Gasteiger partial charge is 0.159 e. The predicted octanol–water partition coefficient (Wildman–Crippen LogP) is 4.96. The van der Waals surface area contributed by atoms with Crippen LogP contribution in [-0.4, -0.2) is 39.7 Å². The fraction of sp³-hybridized carbons (Fsp3) is 0.385. The largest absolute Gasteiger partial charge is 0.396 e. The summed E-state index contributed by atoms with van der Waals surface area (Å²) in [6, 6.07) is 16.7. The van der Waals surface area contributed by atoms with Gasteiger partial charge in [0.05, 0.1) is 5.69 Å². The summed E-state index contributed by atoms with van der Waals surface area (Å²) >= 11 is 5.96. The monoisotopic (exact) mass is 435 g/mol. The van der Waals surface area contributed by atoms with Crippen molar-refractivity contribution in [3.05, 3.63) is 82.1 Å². The highest BCUT2D eigenvalue weighted by molar-refractivity contribution is 6.30. The van der Waals surface area contributed by atoms with Crippen molar-refractivity contribution in [2.75, 3.05) is 19.7 Å². The summed E-state index contributed by atoms with van der Waals surface area (Å²) in [4.78, 5) is 12.0. The van der Waals surface area contributed by atoms with E-state index in [1.54, 1.807) is 0 Å². The minimum atomic E-state index is 0.262. The first-order valence-corrected chi connectivity index (χ1v) is 11.5. The zero-order valence-electron chi connectivity index (χ0n) is 18.1. The van der Waals surface area contributed by atoms with Gasteiger partial charge in [0, 0.05) is 55.0 Å². The summed E-state index contributed by atoms with van der Waals surface area (Å²) in [6.45, 7) is 5.39. The van der Waals surface area contributed by atoms with Crippen molar-refractivity contribution in [3.63, 3.8) is 0 Å². The number of hydrogen-bond acceptors (Lipinski definition) is 4. The van der Waals surface area contributed by atoms with Gasteiger partial charge in [-0.1, -0.05) is 54.9 Å². The lowest BCUT2D eigenvalue weighted by Crippen LogP contribution is -2.34. The Bertz CT molecular complexity index is 989. The topological polar surface area (TPSA) is 49.2 Å². The average molecular weight is 436 g/mol. The van der Waals surface area contributed by atoms with Gasteiger partial charge in [-0.15, -0.1) is 0 Å². The number of aryl methyl sites for hydroxylation is 2. The zero-order valence-corrected chi connectivity index (χ0v) is 18.9. The lowest BCUT2D eigenvalue weighted by atomic mass is 10.0. The van der Waals surface area contributed by atoms with Crippen molar-refractivity contribution in [1.82, 2.24) is 14.9 Å². The first kappa shape index (κ1) is 21.9. The first-order chi connectivity index (χ1) is 15.1. The van der Waals surface area contributed by atoms with Crippen LogP contribution in [0.15, 0.2) is 54.7 Å². The van der Waals surface area contributed by atoms with E-state index in [2.05, 4.69) is 53.2 Å². The van der Waals surface area contributed by atoms with Crippen LogP contribution in [0.5, 0.6) is 0 Å². The highest BCUT2D eigenvalue weighted by atomic mass is 35.5. The number of aliphatic hydroxyl groups is 1. The van der Waals surface area contributed by atoms with Crippen molar-refractivity contribution >= 4 is 11.6 Å². The van der Waals surface area contributed by atoms with Crippen LogP contribution in [0.2, 0.25) is 5.02 Å². The van der Waals surface area contributed by atoms with E-state index < -0.39 is 0 Å². The van der Waals surface area contributed by atoms with Gasteiger partial charge in [0.1, 0.15) is 0 Å². The Balaban J connectivity index is 1.37. The van der Waals surface area contributed by atoms with Crippen molar-refractivity contribution in [2.45, 2.75) is 39.2 Å².